The first-order valence-corrected chi connectivity index (χ1v) is 9.58. The molecule has 1 aromatic carbocycles. The number of carbonyl (C=O) groups excluding carboxylic acids is 1. The molecule has 1 aliphatic rings. The Labute approximate surface area is 159 Å². The molecule has 3 rings (SSSR count). The van der Waals surface area contributed by atoms with Crippen molar-refractivity contribution < 1.29 is 22.7 Å². The van der Waals surface area contributed by atoms with Crippen molar-refractivity contribution in [2.45, 2.75) is 24.2 Å². The van der Waals surface area contributed by atoms with Gasteiger partial charge in [-0.3, -0.25) is 4.79 Å². The number of alkyl halides is 3. The number of benzene rings is 1. The van der Waals surface area contributed by atoms with Crippen LogP contribution in [0.15, 0.2) is 53.7 Å². The molecule has 1 fully saturated rings. The van der Waals surface area contributed by atoms with Gasteiger partial charge in [-0.2, -0.15) is 0 Å². The number of aromatic nitrogens is 1. The summed E-state index contributed by atoms with van der Waals surface area (Å²) in [6.07, 6.45) is -1.16. The molecule has 2 aromatic rings. The van der Waals surface area contributed by atoms with E-state index in [9.17, 15) is 18.0 Å². The van der Waals surface area contributed by atoms with Crippen molar-refractivity contribution in [3.8, 4) is 5.75 Å². The van der Waals surface area contributed by atoms with Crippen molar-refractivity contribution in [2.24, 2.45) is 5.92 Å². The van der Waals surface area contributed by atoms with Crippen molar-refractivity contribution in [1.29, 1.82) is 0 Å². The molecular weight excluding hydrogens is 377 g/mol. The lowest BCUT2D eigenvalue weighted by atomic mass is 9.98. The van der Waals surface area contributed by atoms with Gasteiger partial charge in [0.2, 0.25) is 0 Å². The molecule has 27 heavy (non-hydrogen) atoms. The summed E-state index contributed by atoms with van der Waals surface area (Å²) < 4.78 is 40.4. The summed E-state index contributed by atoms with van der Waals surface area (Å²) in [4.78, 5) is 18.6. The molecule has 2 heterocycles. The highest BCUT2D eigenvalue weighted by molar-refractivity contribution is 7.99. The molecule has 8 heteroatoms. The first kappa shape index (κ1) is 19.5. The molecule has 1 saturated heterocycles. The molecule has 144 valence electrons. The summed E-state index contributed by atoms with van der Waals surface area (Å²) in [7, 11) is 0. The SMILES string of the molecule is O=C(c1ccc(OC(F)(F)F)cc1)N1CCC(CSc2ccccn2)CC1. The van der Waals surface area contributed by atoms with E-state index in [1.165, 1.54) is 12.1 Å². The number of ether oxygens (including phenoxy) is 1. The predicted octanol–water partition coefficient (Wildman–Crippen LogP) is 4.62. The number of pyridine rings is 1. The van der Waals surface area contributed by atoms with Crippen LogP contribution in [0.3, 0.4) is 0 Å². The molecule has 0 unspecified atom stereocenters. The molecular formula is C19H19F3N2O2S. The maximum Gasteiger partial charge on any atom is 0.573 e. The van der Waals surface area contributed by atoms with Crippen LogP contribution in [0.25, 0.3) is 0 Å². The lowest BCUT2D eigenvalue weighted by Gasteiger charge is -2.32. The minimum atomic E-state index is -4.74. The third-order valence-corrected chi connectivity index (χ3v) is 5.52. The van der Waals surface area contributed by atoms with Crippen LogP contribution in [0.2, 0.25) is 0 Å². The molecule has 1 amide bonds. The second-order valence-corrected chi connectivity index (χ2v) is 7.33. The Hall–Kier alpha value is -2.22. The number of hydrogen-bond donors (Lipinski definition) is 0. The van der Waals surface area contributed by atoms with Crippen LogP contribution >= 0.6 is 11.8 Å². The van der Waals surface area contributed by atoms with Crippen LogP contribution in [-0.4, -0.2) is 41.0 Å². The van der Waals surface area contributed by atoms with Crippen LogP contribution in [0.4, 0.5) is 13.2 Å². The van der Waals surface area contributed by atoms with Crippen LogP contribution in [0, 0.1) is 5.92 Å². The lowest BCUT2D eigenvalue weighted by Crippen LogP contribution is -2.39. The monoisotopic (exact) mass is 396 g/mol. The Kier molecular flexibility index (Phi) is 6.26. The van der Waals surface area contributed by atoms with E-state index in [1.807, 2.05) is 18.2 Å². The first-order valence-electron chi connectivity index (χ1n) is 8.59. The van der Waals surface area contributed by atoms with Gasteiger partial charge in [-0.15, -0.1) is 24.9 Å². The summed E-state index contributed by atoms with van der Waals surface area (Å²) in [5.41, 5.74) is 0.367. The molecule has 1 aliphatic heterocycles. The van der Waals surface area contributed by atoms with Gasteiger partial charge in [-0.25, -0.2) is 4.98 Å². The van der Waals surface area contributed by atoms with E-state index in [2.05, 4.69) is 9.72 Å². The molecule has 0 spiro atoms. The number of piperidine rings is 1. The fourth-order valence-corrected chi connectivity index (χ4v) is 3.97. The molecule has 0 N–H and O–H groups in total. The third-order valence-electron chi connectivity index (χ3n) is 4.34. The number of nitrogens with zero attached hydrogens (tertiary/aromatic N) is 2. The second-order valence-electron chi connectivity index (χ2n) is 6.29. The lowest BCUT2D eigenvalue weighted by molar-refractivity contribution is -0.274. The Morgan fingerprint density at radius 3 is 2.44 bits per heavy atom. The van der Waals surface area contributed by atoms with Gasteiger partial charge in [-0.05, 0) is 55.2 Å². The van der Waals surface area contributed by atoms with Gasteiger partial charge in [0.1, 0.15) is 5.75 Å². The van der Waals surface area contributed by atoms with E-state index in [1.54, 1.807) is 22.9 Å². The largest absolute Gasteiger partial charge is 0.573 e. The summed E-state index contributed by atoms with van der Waals surface area (Å²) >= 11 is 1.72. The van der Waals surface area contributed by atoms with Gasteiger partial charge >= 0.3 is 6.36 Å². The van der Waals surface area contributed by atoms with Crippen LogP contribution in [-0.2, 0) is 0 Å². The highest BCUT2D eigenvalue weighted by atomic mass is 32.2. The highest BCUT2D eigenvalue weighted by Gasteiger charge is 2.31. The number of likely N-dealkylation sites (tertiary alicyclic amines) is 1. The maximum atomic E-state index is 12.5. The van der Waals surface area contributed by atoms with Crippen molar-refractivity contribution in [2.75, 3.05) is 18.8 Å². The third kappa shape index (κ3) is 5.89. The fourth-order valence-electron chi connectivity index (χ4n) is 2.92. The normalized spacial score (nSPS) is 15.6. The second kappa shape index (κ2) is 8.65. The fraction of sp³-hybridized carbons (Fsp3) is 0.368. The van der Waals surface area contributed by atoms with Crippen molar-refractivity contribution in [1.82, 2.24) is 9.88 Å². The topological polar surface area (TPSA) is 42.4 Å². The van der Waals surface area contributed by atoms with Gasteiger partial charge in [0, 0.05) is 30.6 Å². The highest BCUT2D eigenvalue weighted by Crippen LogP contribution is 2.27. The number of thioether (sulfide) groups is 1. The molecule has 0 radical (unpaired) electrons. The van der Waals surface area contributed by atoms with Crippen molar-refractivity contribution >= 4 is 17.7 Å². The predicted molar refractivity (Wildman–Crippen MR) is 96.7 cm³/mol. The number of rotatable bonds is 5. The van der Waals surface area contributed by atoms with Crippen molar-refractivity contribution in [3.63, 3.8) is 0 Å². The standard InChI is InChI=1S/C19H19F3N2O2S/c20-19(21,22)26-16-6-4-15(5-7-16)18(25)24-11-8-14(9-12-24)13-27-17-3-1-2-10-23-17/h1-7,10,14H,8-9,11-13H2. The van der Waals surface area contributed by atoms with E-state index in [-0.39, 0.29) is 11.7 Å². The van der Waals surface area contributed by atoms with Gasteiger partial charge in [0.15, 0.2) is 0 Å². The minimum Gasteiger partial charge on any atom is -0.406 e. The summed E-state index contributed by atoms with van der Waals surface area (Å²) in [5.74, 6) is 0.986. The maximum absolute atomic E-state index is 12.5. The molecule has 0 atom stereocenters. The quantitative estimate of drug-likeness (QED) is 0.692. The number of amides is 1. The van der Waals surface area contributed by atoms with Crippen LogP contribution < -0.4 is 4.74 Å². The number of halogens is 3. The van der Waals surface area contributed by atoms with Crippen molar-refractivity contribution in [3.05, 3.63) is 54.2 Å². The summed E-state index contributed by atoms with van der Waals surface area (Å²) in [6, 6.07) is 10.9. The Morgan fingerprint density at radius 2 is 1.85 bits per heavy atom. The van der Waals surface area contributed by atoms with Gasteiger partial charge in [-0.1, -0.05) is 6.07 Å². The van der Waals surface area contributed by atoms with Gasteiger partial charge < -0.3 is 9.64 Å². The average Bonchev–Trinajstić information content (AvgIpc) is 2.66. The molecule has 1 aromatic heterocycles. The molecule has 0 aliphatic carbocycles. The van der Waals surface area contributed by atoms with Gasteiger partial charge in [0.25, 0.3) is 5.91 Å². The van der Waals surface area contributed by atoms with E-state index in [0.29, 0.717) is 24.6 Å². The Bertz CT molecular complexity index is 746. The zero-order valence-electron chi connectivity index (χ0n) is 14.5. The zero-order chi connectivity index (χ0) is 19.3. The Balaban J connectivity index is 1.48. The molecule has 0 bridgehead atoms. The van der Waals surface area contributed by atoms with E-state index < -0.39 is 6.36 Å². The van der Waals surface area contributed by atoms with Gasteiger partial charge in [0.05, 0.1) is 5.03 Å². The summed E-state index contributed by atoms with van der Waals surface area (Å²) in [5, 5.41) is 0.997. The number of carbonyl (C=O) groups is 1. The Morgan fingerprint density at radius 1 is 1.15 bits per heavy atom. The number of hydrogen-bond acceptors (Lipinski definition) is 4. The van der Waals surface area contributed by atoms with Crippen LogP contribution in [0.5, 0.6) is 5.75 Å². The molecule has 4 nitrogen and oxygen atoms in total. The van der Waals surface area contributed by atoms with E-state index >= 15 is 0 Å². The average molecular weight is 396 g/mol. The smallest absolute Gasteiger partial charge is 0.406 e. The first-order chi connectivity index (χ1) is 12.9. The summed E-state index contributed by atoms with van der Waals surface area (Å²) in [6.45, 7) is 1.29. The molecule has 0 saturated carbocycles. The van der Waals surface area contributed by atoms with E-state index in [0.717, 1.165) is 35.8 Å². The minimum absolute atomic E-state index is 0.163. The van der Waals surface area contributed by atoms with E-state index in [4.69, 9.17) is 0 Å². The zero-order valence-corrected chi connectivity index (χ0v) is 15.3. The van der Waals surface area contributed by atoms with Crippen LogP contribution in [0.1, 0.15) is 23.2 Å².